The van der Waals surface area contributed by atoms with Crippen LogP contribution in [0.2, 0.25) is 0 Å². The molecular formula is C19H28N4O2. The number of ether oxygens (including phenoxy) is 1. The number of hydrogen-bond acceptors (Lipinski definition) is 5. The Morgan fingerprint density at radius 3 is 2.80 bits per heavy atom. The fourth-order valence-electron chi connectivity index (χ4n) is 4.45. The van der Waals surface area contributed by atoms with E-state index < -0.39 is 0 Å². The number of morpholine rings is 1. The molecule has 3 aliphatic rings. The van der Waals surface area contributed by atoms with E-state index in [-0.39, 0.29) is 5.91 Å². The monoisotopic (exact) mass is 344 g/mol. The second kappa shape index (κ2) is 7.30. The lowest BCUT2D eigenvalue weighted by Gasteiger charge is -2.30. The molecule has 136 valence electrons. The van der Waals surface area contributed by atoms with Gasteiger partial charge in [-0.25, -0.2) is 0 Å². The Labute approximate surface area is 149 Å². The van der Waals surface area contributed by atoms with Crippen molar-refractivity contribution in [2.45, 2.75) is 38.3 Å². The van der Waals surface area contributed by atoms with Crippen LogP contribution in [0, 0.1) is 0 Å². The van der Waals surface area contributed by atoms with Crippen LogP contribution in [0.1, 0.15) is 36.7 Å². The quantitative estimate of drug-likeness (QED) is 0.834. The van der Waals surface area contributed by atoms with Gasteiger partial charge < -0.3 is 19.4 Å². The number of nitrogens with zero attached hydrogens (tertiary/aromatic N) is 4. The van der Waals surface area contributed by atoms with E-state index in [1.807, 2.05) is 12.1 Å². The molecule has 3 saturated heterocycles. The van der Waals surface area contributed by atoms with Crippen molar-refractivity contribution >= 4 is 11.6 Å². The Bertz CT molecular complexity index is 617. The van der Waals surface area contributed by atoms with Gasteiger partial charge in [0, 0.05) is 50.1 Å². The summed E-state index contributed by atoms with van der Waals surface area (Å²) >= 11 is 0. The van der Waals surface area contributed by atoms with E-state index >= 15 is 0 Å². The van der Waals surface area contributed by atoms with Gasteiger partial charge in [-0.05, 0) is 37.9 Å². The van der Waals surface area contributed by atoms with E-state index in [1.165, 1.54) is 0 Å². The first-order chi connectivity index (χ1) is 12.3. The standard InChI is InChI=1S/C19H28N4O2/c1-2-21-8-6-15-3-4-17(14-21)23(15)19(24)18-13-16(5-7-20-18)22-9-11-25-12-10-22/h5,7,13,15,17H,2-4,6,8-12,14H2,1H3/t15-,17+/m1/s1. The highest BCUT2D eigenvalue weighted by Gasteiger charge is 2.40. The molecule has 1 aromatic rings. The third-order valence-corrected chi connectivity index (χ3v) is 5.89. The molecule has 3 fully saturated rings. The van der Waals surface area contributed by atoms with Crippen molar-refractivity contribution < 1.29 is 9.53 Å². The number of hydrogen-bond donors (Lipinski definition) is 0. The zero-order valence-corrected chi connectivity index (χ0v) is 15.1. The molecule has 2 atom stereocenters. The molecule has 0 aromatic carbocycles. The summed E-state index contributed by atoms with van der Waals surface area (Å²) in [6.45, 7) is 8.61. The molecular weight excluding hydrogens is 316 g/mol. The number of likely N-dealkylation sites (tertiary alicyclic amines) is 1. The summed E-state index contributed by atoms with van der Waals surface area (Å²) in [6, 6.07) is 4.68. The van der Waals surface area contributed by atoms with Gasteiger partial charge in [-0.2, -0.15) is 0 Å². The van der Waals surface area contributed by atoms with Crippen LogP contribution in [0.15, 0.2) is 18.3 Å². The molecule has 0 saturated carbocycles. The first-order valence-electron chi connectivity index (χ1n) is 9.60. The zero-order chi connectivity index (χ0) is 17.2. The lowest BCUT2D eigenvalue weighted by atomic mass is 10.1. The molecule has 3 aliphatic heterocycles. The highest BCUT2D eigenvalue weighted by molar-refractivity contribution is 5.94. The van der Waals surface area contributed by atoms with E-state index in [0.29, 0.717) is 17.8 Å². The second-order valence-corrected chi connectivity index (χ2v) is 7.28. The summed E-state index contributed by atoms with van der Waals surface area (Å²) in [5, 5.41) is 0. The maximum atomic E-state index is 13.2. The van der Waals surface area contributed by atoms with Crippen molar-refractivity contribution in [3.05, 3.63) is 24.0 Å². The molecule has 0 aliphatic carbocycles. The maximum absolute atomic E-state index is 13.2. The third kappa shape index (κ3) is 3.37. The number of aromatic nitrogens is 1. The Morgan fingerprint density at radius 1 is 1.20 bits per heavy atom. The number of fused-ring (bicyclic) bond motifs is 2. The van der Waals surface area contributed by atoms with Gasteiger partial charge >= 0.3 is 0 Å². The van der Waals surface area contributed by atoms with Gasteiger partial charge in [0.2, 0.25) is 0 Å². The van der Waals surface area contributed by atoms with Crippen molar-refractivity contribution in [1.29, 1.82) is 0 Å². The molecule has 6 nitrogen and oxygen atoms in total. The van der Waals surface area contributed by atoms with Crippen molar-refractivity contribution in [3.8, 4) is 0 Å². The molecule has 1 aromatic heterocycles. The Kier molecular flexibility index (Phi) is 4.90. The van der Waals surface area contributed by atoms with Crippen LogP contribution in [0.25, 0.3) is 0 Å². The van der Waals surface area contributed by atoms with Crippen molar-refractivity contribution in [2.24, 2.45) is 0 Å². The number of carbonyl (C=O) groups is 1. The molecule has 1 amide bonds. The van der Waals surface area contributed by atoms with Crippen molar-refractivity contribution in [1.82, 2.24) is 14.8 Å². The number of pyridine rings is 1. The normalized spacial score (nSPS) is 27.4. The van der Waals surface area contributed by atoms with Gasteiger partial charge in [-0.1, -0.05) is 6.92 Å². The summed E-state index contributed by atoms with van der Waals surface area (Å²) < 4.78 is 5.43. The van der Waals surface area contributed by atoms with Crippen LogP contribution in [-0.2, 0) is 4.74 Å². The first kappa shape index (κ1) is 16.8. The van der Waals surface area contributed by atoms with Crippen LogP contribution in [-0.4, -0.2) is 78.7 Å². The van der Waals surface area contributed by atoms with Crippen LogP contribution >= 0.6 is 0 Å². The number of rotatable bonds is 3. The molecule has 0 unspecified atom stereocenters. The molecule has 6 heteroatoms. The second-order valence-electron chi connectivity index (χ2n) is 7.28. The van der Waals surface area contributed by atoms with Crippen LogP contribution < -0.4 is 4.90 Å². The number of amides is 1. The minimum Gasteiger partial charge on any atom is -0.378 e. The molecule has 0 radical (unpaired) electrons. The van der Waals surface area contributed by atoms with Crippen molar-refractivity contribution in [3.63, 3.8) is 0 Å². The Balaban J connectivity index is 1.54. The van der Waals surface area contributed by atoms with Gasteiger partial charge in [-0.3, -0.25) is 9.78 Å². The number of anilines is 1. The summed E-state index contributed by atoms with van der Waals surface area (Å²) in [5.74, 6) is 0.112. The fourth-order valence-corrected chi connectivity index (χ4v) is 4.45. The SMILES string of the molecule is CCN1CC[C@H]2CC[C@@H](C1)N2C(=O)c1cc(N2CCOCC2)ccn1. The van der Waals surface area contributed by atoms with E-state index in [9.17, 15) is 4.79 Å². The largest absolute Gasteiger partial charge is 0.378 e. The Hall–Kier alpha value is -1.66. The summed E-state index contributed by atoms with van der Waals surface area (Å²) in [7, 11) is 0. The lowest BCUT2D eigenvalue weighted by molar-refractivity contribution is 0.0665. The highest BCUT2D eigenvalue weighted by atomic mass is 16.5. The minimum absolute atomic E-state index is 0.112. The van der Waals surface area contributed by atoms with Gasteiger partial charge in [0.25, 0.3) is 5.91 Å². The third-order valence-electron chi connectivity index (χ3n) is 5.89. The van der Waals surface area contributed by atoms with Gasteiger partial charge in [-0.15, -0.1) is 0 Å². The van der Waals surface area contributed by atoms with Crippen LogP contribution in [0.5, 0.6) is 0 Å². The number of likely N-dealkylation sites (N-methyl/N-ethyl adjacent to an activating group) is 1. The van der Waals surface area contributed by atoms with Gasteiger partial charge in [0.15, 0.2) is 0 Å². The highest BCUT2D eigenvalue weighted by Crippen LogP contribution is 2.31. The van der Waals surface area contributed by atoms with E-state index in [0.717, 1.165) is 70.9 Å². The fraction of sp³-hybridized carbons (Fsp3) is 0.684. The van der Waals surface area contributed by atoms with E-state index in [1.54, 1.807) is 6.20 Å². The molecule has 0 spiro atoms. The van der Waals surface area contributed by atoms with Crippen LogP contribution in [0.3, 0.4) is 0 Å². The zero-order valence-electron chi connectivity index (χ0n) is 15.1. The minimum atomic E-state index is 0.112. The predicted octanol–water partition coefficient (Wildman–Crippen LogP) is 1.62. The van der Waals surface area contributed by atoms with Crippen molar-refractivity contribution in [2.75, 3.05) is 50.8 Å². The summed E-state index contributed by atoms with van der Waals surface area (Å²) in [4.78, 5) is 24.5. The molecule has 0 N–H and O–H groups in total. The Morgan fingerprint density at radius 2 is 2.00 bits per heavy atom. The molecule has 25 heavy (non-hydrogen) atoms. The lowest BCUT2D eigenvalue weighted by Crippen LogP contribution is -2.43. The summed E-state index contributed by atoms with van der Waals surface area (Å²) in [6.07, 6.45) is 5.11. The smallest absolute Gasteiger partial charge is 0.273 e. The molecule has 2 bridgehead atoms. The summed E-state index contributed by atoms with van der Waals surface area (Å²) in [5.41, 5.74) is 1.67. The maximum Gasteiger partial charge on any atom is 0.273 e. The average Bonchev–Trinajstić information content (AvgIpc) is 2.96. The number of carbonyl (C=O) groups excluding carboxylic acids is 1. The molecule has 4 heterocycles. The average molecular weight is 344 g/mol. The van der Waals surface area contributed by atoms with E-state index in [2.05, 4.69) is 26.6 Å². The molecule has 4 rings (SSSR count). The van der Waals surface area contributed by atoms with Gasteiger partial charge in [0.05, 0.1) is 13.2 Å². The van der Waals surface area contributed by atoms with Crippen LogP contribution in [0.4, 0.5) is 5.69 Å². The topological polar surface area (TPSA) is 48.9 Å². The predicted molar refractivity (Wildman–Crippen MR) is 97.0 cm³/mol. The van der Waals surface area contributed by atoms with Gasteiger partial charge in [0.1, 0.15) is 5.69 Å². The first-order valence-corrected chi connectivity index (χ1v) is 9.60. The van der Waals surface area contributed by atoms with E-state index in [4.69, 9.17) is 4.74 Å².